The van der Waals surface area contributed by atoms with E-state index < -0.39 is 0 Å². The SMILES string of the molecule is COc1cc(N2CC(NC(=O)c3ccc4nc(C)c(C)n4c3)C2)c(Cl)cn1. The number of pyridine rings is 2. The molecule has 3 aromatic heterocycles. The number of imidazole rings is 1. The fourth-order valence-corrected chi connectivity index (χ4v) is 3.44. The molecule has 0 unspecified atom stereocenters. The van der Waals surface area contributed by atoms with E-state index in [1.807, 2.05) is 30.5 Å². The lowest BCUT2D eigenvalue weighted by molar-refractivity contribution is 0.0930. The van der Waals surface area contributed by atoms with Crippen LogP contribution in [0.1, 0.15) is 21.7 Å². The number of nitrogens with zero attached hydrogens (tertiary/aromatic N) is 4. The monoisotopic (exact) mass is 385 g/mol. The molecule has 0 aromatic carbocycles. The Balaban J connectivity index is 1.43. The van der Waals surface area contributed by atoms with Gasteiger partial charge in [0.2, 0.25) is 5.88 Å². The summed E-state index contributed by atoms with van der Waals surface area (Å²) < 4.78 is 7.10. The number of halogens is 1. The number of amides is 1. The van der Waals surface area contributed by atoms with Gasteiger partial charge in [0.05, 0.1) is 41.3 Å². The van der Waals surface area contributed by atoms with Crippen LogP contribution in [0, 0.1) is 13.8 Å². The molecule has 0 bridgehead atoms. The zero-order chi connectivity index (χ0) is 19.1. The smallest absolute Gasteiger partial charge is 0.253 e. The Labute approximate surface area is 161 Å². The van der Waals surface area contributed by atoms with Crippen molar-refractivity contribution in [3.05, 3.63) is 52.6 Å². The van der Waals surface area contributed by atoms with Crippen LogP contribution in [-0.4, -0.2) is 46.5 Å². The van der Waals surface area contributed by atoms with Gasteiger partial charge in [0.15, 0.2) is 0 Å². The zero-order valence-electron chi connectivity index (χ0n) is 15.4. The van der Waals surface area contributed by atoms with Gasteiger partial charge >= 0.3 is 0 Å². The topological polar surface area (TPSA) is 71.8 Å². The second-order valence-corrected chi connectivity index (χ2v) is 7.09. The molecule has 7 nitrogen and oxygen atoms in total. The van der Waals surface area contributed by atoms with E-state index in [4.69, 9.17) is 16.3 Å². The molecule has 1 fully saturated rings. The molecule has 27 heavy (non-hydrogen) atoms. The maximum atomic E-state index is 12.6. The van der Waals surface area contributed by atoms with Crippen LogP contribution in [0.4, 0.5) is 5.69 Å². The van der Waals surface area contributed by atoms with E-state index >= 15 is 0 Å². The molecule has 0 aliphatic carbocycles. The minimum absolute atomic E-state index is 0.0639. The third kappa shape index (κ3) is 3.19. The molecule has 1 aliphatic heterocycles. The van der Waals surface area contributed by atoms with Crippen molar-refractivity contribution in [2.75, 3.05) is 25.1 Å². The lowest BCUT2D eigenvalue weighted by Gasteiger charge is -2.41. The first-order valence-electron chi connectivity index (χ1n) is 8.67. The number of hydrogen-bond acceptors (Lipinski definition) is 5. The van der Waals surface area contributed by atoms with Crippen molar-refractivity contribution < 1.29 is 9.53 Å². The summed E-state index contributed by atoms with van der Waals surface area (Å²) in [6.45, 7) is 5.33. The molecule has 1 aliphatic rings. The zero-order valence-corrected chi connectivity index (χ0v) is 16.1. The Bertz CT molecular complexity index is 1030. The van der Waals surface area contributed by atoms with Gasteiger partial charge in [-0.15, -0.1) is 0 Å². The molecule has 4 heterocycles. The summed E-state index contributed by atoms with van der Waals surface area (Å²) in [4.78, 5) is 23.2. The maximum Gasteiger partial charge on any atom is 0.253 e. The van der Waals surface area contributed by atoms with Gasteiger partial charge in [0.1, 0.15) is 5.65 Å². The molecule has 0 saturated carbocycles. The van der Waals surface area contributed by atoms with E-state index in [1.54, 1.807) is 25.4 Å². The number of carbonyl (C=O) groups is 1. The van der Waals surface area contributed by atoms with Gasteiger partial charge in [-0.1, -0.05) is 11.6 Å². The van der Waals surface area contributed by atoms with Crippen molar-refractivity contribution in [3.8, 4) is 5.88 Å². The van der Waals surface area contributed by atoms with E-state index in [0.717, 1.165) is 22.7 Å². The lowest BCUT2D eigenvalue weighted by atomic mass is 10.1. The molecular formula is C19H20ClN5O2. The number of anilines is 1. The Morgan fingerprint density at radius 2 is 2.11 bits per heavy atom. The molecule has 140 valence electrons. The summed E-state index contributed by atoms with van der Waals surface area (Å²) in [6, 6.07) is 5.54. The van der Waals surface area contributed by atoms with E-state index in [-0.39, 0.29) is 11.9 Å². The van der Waals surface area contributed by atoms with Gasteiger partial charge < -0.3 is 19.4 Å². The summed E-state index contributed by atoms with van der Waals surface area (Å²) in [5.74, 6) is 0.423. The van der Waals surface area contributed by atoms with Crippen molar-refractivity contribution in [2.24, 2.45) is 0 Å². The van der Waals surface area contributed by atoms with Gasteiger partial charge in [-0.05, 0) is 26.0 Å². The van der Waals surface area contributed by atoms with Gasteiger partial charge in [0.25, 0.3) is 5.91 Å². The second kappa shape index (κ2) is 6.74. The van der Waals surface area contributed by atoms with Gasteiger partial charge in [-0.3, -0.25) is 4.79 Å². The molecular weight excluding hydrogens is 366 g/mol. The minimum atomic E-state index is -0.0919. The molecule has 0 radical (unpaired) electrons. The molecule has 0 atom stereocenters. The first-order chi connectivity index (χ1) is 13.0. The minimum Gasteiger partial charge on any atom is -0.481 e. The summed E-state index contributed by atoms with van der Waals surface area (Å²) in [6.07, 6.45) is 3.41. The number of aromatic nitrogens is 3. The Kier molecular flexibility index (Phi) is 4.39. The Hall–Kier alpha value is -2.80. The molecule has 1 N–H and O–H groups in total. The van der Waals surface area contributed by atoms with Crippen molar-refractivity contribution in [3.63, 3.8) is 0 Å². The number of nitrogens with one attached hydrogen (secondary N) is 1. The molecule has 8 heteroatoms. The second-order valence-electron chi connectivity index (χ2n) is 6.68. The van der Waals surface area contributed by atoms with Crippen molar-refractivity contribution in [1.29, 1.82) is 0 Å². The number of carbonyl (C=O) groups excluding carboxylic acids is 1. The first-order valence-corrected chi connectivity index (χ1v) is 9.04. The van der Waals surface area contributed by atoms with Crippen LogP contribution in [0.15, 0.2) is 30.6 Å². The summed E-state index contributed by atoms with van der Waals surface area (Å²) in [5.41, 5.74) is 4.32. The molecule has 1 saturated heterocycles. The van der Waals surface area contributed by atoms with Crippen molar-refractivity contribution in [2.45, 2.75) is 19.9 Å². The van der Waals surface area contributed by atoms with Crippen LogP contribution in [0.2, 0.25) is 5.02 Å². The third-order valence-electron chi connectivity index (χ3n) is 4.93. The summed E-state index contributed by atoms with van der Waals surface area (Å²) in [7, 11) is 1.57. The summed E-state index contributed by atoms with van der Waals surface area (Å²) in [5, 5.41) is 3.63. The number of methoxy groups -OCH3 is 1. The van der Waals surface area contributed by atoms with E-state index in [2.05, 4.69) is 20.2 Å². The standard InChI is InChI=1S/C19H20ClN5O2/c1-11-12(2)25-8-13(4-5-17(25)22-11)19(26)23-14-9-24(10-14)16-6-18(27-3)21-7-15(16)20/h4-8,14H,9-10H2,1-3H3,(H,23,26). The van der Waals surface area contributed by atoms with E-state index in [9.17, 15) is 4.79 Å². The highest BCUT2D eigenvalue weighted by molar-refractivity contribution is 6.33. The highest BCUT2D eigenvalue weighted by atomic mass is 35.5. The number of fused-ring (bicyclic) bond motifs is 1. The van der Waals surface area contributed by atoms with Crippen LogP contribution in [0.5, 0.6) is 5.88 Å². The van der Waals surface area contributed by atoms with E-state index in [0.29, 0.717) is 29.6 Å². The number of aryl methyl sites for hydroxylation is 2. The van der Waals surface area contributed by atoms with Crippen molar-refractivity contribution >= 4 is 28.8 Å². The van der Waals surface area contributed by atoms with Crippen LogP contribution in [0.25, 0.3) is 5.65 Å². The highest BCUT2D eigenvalue weighted by Gasteiger charge is 2.30. The van der Waals surface area contributed by atoms with E-state index in [1.165, 1.54) is 0 Å². The van der Waals surface area contributed by atoms with Gasteiger partial charge in [0, 0.05) is 31.0 Å². The highest BCUT2D eigenvalue weighted by Crippen LogP contribution is 2.31. The van der Waals surface area contributed by atoms with Crippen LogP contribution >= 0.6 is 11.6 Å². The predicted molar refractivity (Wildman–Crippen MR) is 104 cm³/mol. The van der Waals surface area contributed by atoms with Gasteiger partial charge in [-0.25, -0.2) is 9.97 Å². The molecule has 0 spiro atoms. The summed E-state index contributed by atoms with van der Waals surface area (Å²) >= 11 is 6.23. The fourth-order valence-electron chi connectivity index (χ4n) is 3.21. The molecule has 1 amide bonds. The van der Waals surface area contributed by atoms with Crippen LogP contribution < -0.4 is 15.0 Å². The van der Waals surface area contributed by atoms with Gasteiger partial charge in [-0.2, -0.15) is 0 Å². The Morgan fingerprint density at radius 3 is 2.85 bits per heavy atom. The largest absolute Gasteiger partial charge is 0.481 e. The normalized spacial score (nSPS) is 14.3. The average molecular weight is 386 g/mol. The first kappa shape index (κ1) is 17.6. The number of rotatable bonds is 4. The lowest BCUT2D eigenvalue weighted by Crippen LogP contribution is -2.59. The number of ether oxygens (including phenoxy) is 1. The molecule has 4 rings (SSSR count). The number of hydrogen-bond donors (Lipinski definition) is 1. The quantitative estimate of drug-likeness (QED) is 0.747. The molecule has 3 aromatic rings. The fraction of sp³-hybridized carbons (Fsp3) is 0.316. The average Bonchev–Trinajstić information content (AvgIpc) is 2.92. The van der Waals surface area contributed by atoms with Crippen molar-refractivity contribution in [1.82, 2.24) is 19.7 Å². The third-order valence-corrected chi connectivity index (χ3v) is 5.22. The van der Waals surface area contributed by atoms with Crippen LogP contribution in [0.3, 0.4) is 0 Å². The predicted octanol–water partition coefficient (Wildman–Crippen LogP) is 2.63. The maximum absolute atomic E-state index is 12.6. The van der Waals surface area contributed by atoms with Crippen LogP contribution in [-0.2, 0) is 0 Å². The Morgan fingerprint density at radius 1 is 1.33 bits per heavy atom.